The summed E-state index contributed by atoms with van der Waals surface area (Å²) in [4.78, 5) is 12.0. The van der Waals surface area contributed by atoms with Gasteiger partial charge in [0, 0.05) is 0 Å². The summed E-state index contributed by atoms with van der Waals surface area (Å²) in [6.45, 7) is 0.554. The summed E-state index contributed by atoms with van der Waals surface area (Å²) in [6, 6.07) is 15.7. The van der Waals surface area contributed by atoms with E-state index in [1.54, 1.807) is 0 Å². The van der Waals surface area contributed by atoms with Crippen LogP contribution in [-0.4, -0.2) is 25.0 Å². The van der Waals surface area contributed by atoms with Crippen molar-refractivity contribution < 1.29 is 11.0 Å². The second-order valence-electron chi connectivity index (χ2n) is 4.24. The van der Waals surface area contributed by atoms with Crippen molar-refractivity contribution >= 4 is 32.2 Å². The standard InChI is InChI=1S/C14H10O3Te/c15-14-11-6-2-4-8-13(11)18(17-14)12-7-3-1-5-10(12)9-16-18/h1-8H,9H2. The van der Waals surface area contributed by atoms with Gasteiger partial charge in [-0.1, -0.05) is 0 Å². The third-order valence-corrected chi connectivity index (χ3v) is 11.1. The molecule has 0 aromatic heterocycles. The number of hydrogen-bond donors (Lipinski definition) is 0. The van der Waals surface area contributed by atoms with Crippen LogP contribution in [0.25, 0.3) is 0 Å². The molecule has 2 aromatic rings. The molecular weight excluding hydrogens is 344 g/mol. The maximum atomic E-state index is 12.0. The van der Waals surface area contributed by atoms with Crippen molar-refractivity contribution in [2.75, 3.05) is 0 Å². The predicted molar refractivity (Wildman–Crippen MR) is 68.1 cm³/mol. The molecular formula is C14H10O3Te. The van der Waals surface area contributed by atoms with Crippen LogP contribution in [0.15, 0.2) is 48.5 Å². The van der Waals surface area contributed by atoms with Gasteiger partial charge in [-0.15, -0.1) is 0 Å². The maximum absolute atomic E-state index is 12.0. The van der Waals surface area contributed by atoms with E-state index >= 15 is 0 Å². The summed E-state index contributed by atoms with van der Waals surface area (Å²) in [5, 5.41) is 0. The van der Waals surface area contributed by atoms with Crippen molar-refractivity contribution in [3.05, 3.63) is 59.7 Å². The fourth-order valence-electron chi connectivity index (χ4n) is 2.41. The topological polar surface area (TPSA) is 35.5 Å². The minimum atomic E-state index is -3.35. The Bertz CT molecular complexity index is 668. The second kappa shape index (κ2) is 3.58. The molecule has 90 valence electrons. The van der Waals surface area contributed by atoms with E-state index in [9.17, 15) is 4.79 Å². The molecule has 0 saturated carbocycles. The summed E-state index contributed by atoms with van der Waals surface area (Å²) >= 11 is -3.35. The van der Waals surface area contributed by atoms with Crippen LogP contribution in [0.3, 0.4) is 0 Å². The van der Waals surface area contributed by atoms with Crippen molar-refractivity contribution in [1.29, 1.82) is 0 Å². The van der Waals surface area contributed by atoms with Gasteiger partial charge in [0.05, 0.1) is 0 Å². The molecule has 2 aromatic carbocycles. The molecule has 2 heterocycles. The fraction of sp³-hybridized carbons (Fsp3) is 0.0714. The van der Waals surface area contributed by atoms with Crippen LogP contribution in [-0.2, 0) is 12.8 Å². The van der Waals surface area contributed by atoms with Gasteiger partial charge in [-0.25, -0.2) is 0 Å². The zero-order chi connectivity index (χ0) is 12.2. The van der Waals surface area contributed by atoms with Crippen molar-refractivity contribution in [3.63, 3.8) is 0 Å². The number of carbonyl (C=O) groups is 1. The third-order valence-electron chi connectivity index (χ3n) is 3.23. The SMILES string of the molecule is O=C1O[Te]2(OCc3ccccc32)c2ccccc21. The first-order valence-electron chi connectivity index (χ1n) is 5.70. The monoisotopic (exact) mass is 356 g/mol. The number of carbonyl (C=O) groups excluding carboxylic acids is 1. The summed E-state index contributed by atoms with van der Waals surface area (Å²) in [5.41, 5.74) is 1.83. The van der Waals surface area contributed by atoms with E-state index in [2.05, 4.69) is 0 Å². The Hall–Kier alpha value is -1.34. The zero-order valence-electron chi connectivity index (χ0n) is 9.46. The second-order valence-corrected chi connectivity index (χ2v) is 10.8. The predicted octanol–water partition coefficient (Wildman–Crippen LogP) is 0.944. The molecule has 3 nitrogen and oxygen atoms in total. The fourth-order valence-corrected chi connectivity index (χ4v) is 10.2. The molecule has 0 radical (unpaired) electrons. The van der Waals surface area contributed by atoms with Crippen molar-refractivity contribution in [3.8, 4) is 0 Å². The molecule has 1 atom stereocenters. The minimum absolute atomic E-state index is 0.233. The first kappa shape index (κ1) is 10.6. The van der Waals surface area contributed by atoms with Gasteiger partial charge in [0.25, 0.3) is 0 Å². The Morgan fingerprint density at radius 3 is 2.56 bits per heavy atom. The quantitative estimate of drug-likeness (QED) is 0.661. The molecule has 0 N–H and O–H groups in total. The van der Waals surface area contributed by atoms with Crippen molar-refractivity contribution in [2.45, 2.75) is 6.61 Å². The van der Waals surface area contributed by atoms with E-state index in [0.717, 1.165) is 12.8 Å². The van der Waals surface area contributed by atoms with Crippen LogP contribution in [0.4, 0.5) is 0 Å². The molecule has 2 aliphatic heterocycles. The molecule has 0 amide bonds. The van der Waals surface area contributed by atoms with Gasteiger partial charge in [-0.3, -0.25) is 0 Å². The van der Waals surface area contributed by atoms with Gasteiger partial charge in [0.15, 0.2) is 0 Å². The van der Waals surface area contributed by atoms with Crippen LogP contribution in [0, 0.1) is 0 Å². The number of benzene rings is 2. The van der Waals surface area contributed by atoms with E-state index < -0.39 is 19.0 Å². The van der Waals surface area contributed by atoms with E-state index in [1.807, 2.05) is 48.5 Å². The average Bonchev–Trinajstić information content (AvgIpc) is 2.92. The normalized spacial score (nSPS) is 27.4. The molecule has 1 spiro atoms. The van der Waals surface area contributed by atoms with Gasteiger partial charge >= 0.3 is 109 Å². The summed E-state index contributed by atoms with van der Waals surface area (Å²) in [7, 11) is 0. The third kappa shape index (κ3) is 1.20. The summed E-state index contributed by atoms with van der Waals surface area (Å²) in [5.74, 6) is -0.233. The van der Waals surface area contributed by atoms with Gasteiger partial charge < -0.3 is 0 Å². The van der Waals surface area contributed by atoms with Crippen LogP contribution in [0.2, 0.25) is 0 Å². The summed E-state index contributed by atoms with van der Waals surface area (Å²) < 4.78 is 13.9. The van der Waals surface area contributed by atoms with Crippen LogP contribution in [0.5, 0.6) is 0 Å². The molecule has 0 bridgehead atoms. The van der Waals surface area contributed by atoms with Gasteiger partial charge in [-0.05, 0) is 0 Å². The molecule has 2 aliphatic rings. The first-order valence-corrected chi connectivity index (χ1v) is 9.93. The molecule has 18 heavy (non-hydrogen) atoms. The Labute approximate surface area is 109 Å². The zero-order valence-corrected chi connectivity index (χ0v) is 11.8. The Morgan fingerprint density at radius 1 is 0.944 bits per heavy atom. The number of rotatable bonds is 0. The van der Waals surface area contributed by atoms with Crippen LogP contribution >= 0.6 is 0 Å². The molecule has 1 unspecified atom stereocenters. The van der Waals surface area contributed by atoms with Gasteiger partial charge in [0.2, 0.25) is 0 Å². The van der Waals surface area contributed by atoms with E-state index in [0.29, 0.717) is 12.2 Å². The van der Waals surface area contributed by atoms with Crippen LogP contribution < -0.4 is 7.22 Å². The van der Waals surface area contributed by atoms with Gasteiger partial charge in [0.1, 0.15) is 0 Å². The van der Waals surface area contributed by atoms with E-state index in [1.165, 1.54) is 0 Å². The number of fused-ring (bicyclic) bond motifs is 4. The Morgan fingerprint density at radius 2 is 1.67 bits per heavy atom. The molecule has 0 aliphatic carbocycles. The summed E-state index contributed by atoms with van der Waals surface area (Å²) in [6.07, 6.45) is 0. The van der Waals surface area contributed by atoms with Crippen molar-refractivity contribution in [1.82, 2.24) is 0 Å². The van der Waals surface area contributed by atoms with E-state index in [4.69, 9.17) is 6.20 Å². The Balaban J connectivity index is 2.01. The van der Waals surface area contributed by atoms with Crippen LogP contribution in [0.1, 0.15) is 15.9 Å². The molecule has 0 saturated heterocycles. The average molecular weight is 354 g/mol. The van der Waals surface area contributed by atoms with E-state index in [-0.39, 0.29) is 5.97 Å². The molecule has 0 fully saturated rings. The molecule has 4 heteroatoms. The molecule has 4 rings (SSSR count). The Kier molecular flexibility index (Phi) is 2.10. The first-order chi connectivity index (χ1) is 8.81. The number of hydrogen-bond acceptors (Lipinski definition) is 3. The van der Waals surface area contributed by atoms with Gasteiger partial charge in [-0.2, -0.15) is 0 Å². The van der Waals surface area contributed by atoms with Crippen molar-refractivity contribution in [2.24, 2.45) is 0 Å².